The Labute approximate surface area is 123 Å². The summed E-state index contributed by atoms with van der Waals surface area (Å²) in [4.78, 5) is 0.0868. The van der Waals surface area contributed by atoms with Gasteiger partial charge in [0, 0.05) is 5.69 Å². The van der Waals surface area contributed by atoms with Crippen molar-refractivity contribution in [2.45, 2.75) is 24.3 Å². The van der Waals surface area contributed by atoms with Gasteiger partial charge >= 0.3 is 0 Å². The van der Waals surface area contributed by atoms with Crippen molar-refractivity contribution in [2.75, 3.05) is 12.3 Å². The lowest BCUT2D eigenvalue weighted by molar-refractivity contribution is 0.280. The second kappa shape index (κ2) is 5.42. The molecule has 0 saturated heterocycles. The van der Waals surface area contributed by atoms with Crippen molar-refractivity contribution >= 4 is 15.7 Å². The topological polar surface area (TPSA) is 94.6 Å². The zero-order chi connectivity index (χ0) is 14.9. The Morgan fingerprint density at radius 2 is 2.19 bits per heavy atom. The highest BCUT2D eigenvalue weighted by Gasteiger charge is 2.25. The monoisotopic (exact) mass is 308 g/mol. The molecule has 1 aliphatic heterocycles. The second-order valence-electron chi connectivity index (χ2n) is 4.86. The molecule has 3 N–H and O–H groups in total. The van der Waals surface area contributed by atoms with Gasteiger partial charge in [-0.3, -0.25) is 0 Å². The molecule has 0 saturated carbocycles. The number of hydrogen-bond acceptors (Lipinski definition) is 5. The Balaban J connectivity index is 1.93. The molecule has 6 nitrogen and oxygen atoms in total. The first-order chi connectivity index (χ1) is 10.1. The number of anilines is 1. The fourth-order valence-electron chi connectivity index (χ4n) is 2.33. The van der Waals surface area contributed by atoms with E-state index in [0.717, 1.165) is 18.4 Å². The van der Waals surface area contributed by atoms with E-state index < -0.39 is 10.0 Å². The van der Waals surface area contributed by atoms with E-state index in [1.54, 1.807) is 18.2 Å². The molecule has 2 aromatic rings. The van der Waals surface area contributed by atoms with Crippen LogP contribution in [0.4, 0.5) is 5.69 Å². The third-order valence-electron chi connectivity index (χ3n) is 3.30. The van der Waals surface area contributed by atoms with E-state index in [0.29, 0.717) is 23.8 Å². The van der Waals surface area contributed by atoms with Crippen LogP contribution in [0.2, 0.25) is 0 Å². The van der Waals surface area contributed by atoms with E-state index in [4.69, 9.17) is 14.9 Å². The van der Waals surface area contributed by atoms with E-state index in [1.165, 1.54) is 12.3 Å². The maximum atomic E-state index is 12.5. The normalized spacial score (nSPS) is 14.5. The zero-order valence-electron chi connectivity index (χ0n) is 11.3. The lowest BCUT2D eigenvalue weighted by Crippen LogP contribution is -2.25. The highest BCUT2D eigenvalue weighted by Crippen LogP contribution is 2.34. The van der Waals surface area contributed by atoms with Gasteiger partial charge < -0.3 is 14.9 Å². The van der Waals surface area contributed by atoms with Crippen LogP contribution < -0.4 is 15.2 Å². The van der Waals surface area contributed by atoms with Gasteiger partial charge in [-0.05, 0) is 42.7 Å². The SMILES string of the molecule is Nc1cc2c(c(S(=O)(=O)NCc3ccco3)c1)OCCC2. The molecule has 0 aliphatic carbocycles. The minimum atomic E-state index is -3.72. The first-order valence-corrected chi connectivity index (χ1v) is 8.12. The maximum absolute atomic E-state index is 12.5. The van der Waals surface area contributed by atoms with Crippen LogP contribution in [-0.2, 0) is 23.0 Å². The minimum absolute atomic E-state index is 0.0822. The highest BCUT2D eigenvalue weighted by atomic mass is 32.2. The van der Waals surface area contributed by atoms with Crippen LogP contribution in [0.25, 0.3) is 0 Å². The molecule has 0 fully saturated rings. The number of furan rings is 1. The summed E-state index contributed by atoms with van der Waals surface area (Å²) in [7, 11) is -3.72. The van der Waals surface area contributed by atoms with Crippen molar-refractivity contribution < 1.29 is 17.6 Å². The van der Waals surface area contributed by atoms with Crippen molar-refractivity contribution in [1.82, 2.24) is 4.72 Å². The van der Waals surface area contributed by atoms with Gasteiger partial charge in [-0.15, -0.1) is 0 Å². The molecule has 3 rings (SSSR count). The Hall–Kier alpha value is -1.99. The van der Waals surface area contributed by atoms with Crippen molar-refractivity contribution in [3.8, 4) is 5.75 Å². The smallest absolute Gasteiger partial charge is 0.244 e. The van der Waals surface area contributed by atoms with Gasteiger partial charge in [0.2, 0.25) is 10.0 Å². The van der Waals surface area contributed by atoms with Gasteiger partial charge in [-0.25, -0.2) is 13.1 Å². The summed E-state index contributed by atoms with van der Waals surface area (Å²) < 4.78 is 38.1. The number of nitrogens with one attached hydrogen (secondary N) is 1. The zero-order valence-corrected chi connectivity index (χ0v) is 12.2. The molecule has 7 heteroatoms. The Bertz CT molecular complexity index is 739. The van der Waals surface area contributed by atoms with Gasteiger partial charge in [-0.1, -0.05) is 0 Å². The second-order valence-corrected chi connectivity index (χ2v) is 6.60. The minimum Gasteiger partial charge on any atom is -0.492 e. The standard InChI is InChI=1S/C14H16N2O4S/c15-11-7-10-3-1-6-20-14(10)13(8-11)21(17,18)16-9-12-4-2-5-19-12/h2,4-5,7-8,16H,1,3,6,9,15H2. The highest BCUT2D eigenvalue weighted by molar-refractivity contribution is 7.89. The molecule has 0 spiro atoms. The molecule has 112 valence electrons. The summed E-state index contributed by atoms with van der Waals surface area (Å²) >= 11 is 0. The van der Waals surface area contributed by atoms with Crippen LogP contribution in [0, 0.1) is 0 Å². The van der Waals surface area contributed by atoms with Crippen LogP contribution in [0.3, 0.4) is 0 Å². The van der Waals surface area contributed by atoms with E-state index in [-0.39, 0.29) is 11.4 Å². The number of sulfonamides is 1. The molecular weight excluding hydrogens is 292 g/mol. The summed E-state index contributed by atoms with van der Waals surface area (Å²) in [6.45, 7) is 0.594. The molecule has 0 unspecified atom stereocenters. The summed E-state index contributed by atoms with van der Waals surface area (Å²) in [6, 6.07) is 6.59. The third kappa shape index (κ3) is 2.88. The number of nitrogens with two attached hydrogens (primary N) is 1. The fraction of sp³-hybridized carbons (Fsp3) is 0.286. The molecule has 1 aromatic heterocycles. The molecule has 1 aromatic carbocycles. The lowest BCUT2D eigenvalue weighted by Gasteiger charge is -2.21. The van der Waals surface area contributed by atoms with Crippen LogP contribution in [0.15, 0.2) is 39.8 Å². The van der Waals surface area contributed by atoms with E-state index >= 15 is 0 Å². The quantitative estimate of drug-likeness (QED) is 0.838. The van der Waals surface area contributed by atoms with E-state index in [2.05, 4.69) is 4.72 Å². The number of ether oxygens (including phenoxy) is 1. The molecule has 1 aliphatic rings. The predicted octanol–water partition coefficient (Wildman–Crippen LogP) is 1.67. The van der Waals surface area contributed by atoms with Crippen LogP contribution in [0.5, 0.6) is 5.75 Å². The van der Waals surface area contributed by atoms with Gasteiger partial charge in [-0.2, -0.15) is 0 Å². The molecular formula is C14H16N2O4S. The molecule has 0 amide bonds. The first-order valence-electron chi connectivity index (χ1n) is 6.63. The Kier molecular flexibility index (Phi) is 3.60. The number of benzene rings is 1. The number of fused-ring (bicyclic) bond motifs is 1. The van der Waals surface area contributed by atoms with Crippen LogP contribution >= 0.6 is 0 Å². The first kappa shape index (κ1) is 14.0. The molecule has 21 heavy (non-hydrogen) atoms. The summed E-state index contributed by atoms with van der Waals surface area (Å²) in [5.41, 5.74) is 7.05. The Morgan fingerprint density at radius 1 is 1.33 bits per heavy atom. The van der Waals surface area contributed by atoms with Crippen molar-refractivity contribution in [3.05, 3.63) is 41.9 Å². The predicted molar refractivity (Wildman–Crippen MR) is 77.4 cm³/mol. The van der Waals surface area contributed by atoms with Crippen LogP contribution in [-0.4, -0.2) is 15.0 Å². The molecule has 0 atom stereocenters. The average molecular weight is 308 g/mol. The van der Waals surface area contributed by atoms with Crippen LogP contribution in [0.1, 0.15) is 17.7 Å². The summed E-state index contributed by atoms with van der Waals surface area (Å²) in [5, 5.41) is 0. The van der Waals surface area contributed by atoms with E-state index in [9.17, 15) is 8.42 Å². The number of hydrogen-bond donors (Lipinski definition) is 2. The Morgan fingerprint density at radius 3 is 2.95 bits per heavy atom. The fourth-order valence-corrected chi connectivity index (χ4v) is 3.54. The van der Waals surface area contributed by atoms with Gasteiger partial charge in [0.15, 0.2) is 0 Å². The average Bonchev–Trinajstić information content (AvgIpc) is 2.97. The van der Waals surface area contributed by atoms with Crippen molar-refractivity contribution in [1.29, 1.82) is 0 Å². The van der Waals surface area contributed by atoms with Crippen molar-refractivity contribution in [3.63, 3.8) is 0 Å². The van der Waals surface area contributed by atoms with Gasteiger partial charge in [0.25, 0.3) is 0 Å². The third-order valence-corrected chi connectivity index (χ3v) is 4.70. The van der Waals surface area contributed by atoms with Crippen molar-refractivity contribution in [2.24, 2.45) is 0 Å². The summed E-state index contributed by atoms with van der Waals surface area (Å²) in [6.07, 6.45) is 3.12. The van der Waals surface area contributed by atoms with Gasteiger partial charge in [0.1, 0.15) is 16.4 Å². The molecule has 0 radical (unpaired) electrons. The lowest BCUT2D eigenvalue weighted by atomic mass is 10.1. The number of nitrogen functional groups attached to an aromatic ring is 1. The maximum Gasteiger partial charge on any atom is 0.244 e. The number of aryl methyl sites for hydroxylation is 1. The van der Waals surface area contributed by atoms with Gasteiger partial charge in [0.05, 0.1) is 19.4 Å². The summed E-state index contributed by atoms with van der Waals surface area (Å²) in [5.74, 6) is 0.944. The van der Waals surface area contributed by atoms with E-state index in [1.807, 2.05) is 0 Å². The number of rotatable bonds is 4. The largest absolute Gasteiger partial charge is 0.492 e. The molecule has 0 bridgehead atoms. The molecule has 2 heterocycles.